The van der Waals surface area contributed by atoms with Gasteiger partial charge in [0.25, 0.3) is 5.56 Å². The van der Waals surface area contributed by atoms with Crippen molar-refractivity contribution in [1.29, 1.82) is 0 Å². The van der Waals surface area contributed by atoms with Crippen LogP contribution in [0.25, 0.3) is 10.8 Å². The first-order chi connectivity index (χ1) is 13.3. The maximum absolute atomic E-state index is 14.1. The van der Waals surface area contributed by atoms with Crippen LogP contribution in [0.4, 0.5) is 18.0 Å². The van der Waals surface area contributed by atoms with E-state index in [1.807, 2.05) is 0 Å². The minimum absolute atomic E-state index is 0.197. The number of amides is 2. The van der Waals surface area contributed by atoms with E-state index in [1.54, 1.807) is 26.1 Å². The summed E-state index contributed by atoms with van der Waals surface area (Å²) >= 11 is 0. The molecular formula is C20H18F3N3O2. The van der Waals surface area contributed by atoms with Gasteiger partial charge >= 0.3 is 6.03 Å². The quantitative estimate of drug-likeness (QED) is 0.712. The van der Waals surface area contributed by atoms with Crippen LogP contribution in [0.2, 0.25) is 0 Å². The SMILES string of the molecule is CC(c1c[nH]c(=O)c2c(F)c(F)ccc12)N(C)C(=O)NCc1ccc(F)cc1. The fourth-order valence-corrected chi connectivity index (χ4v) is 2.94. The summed E-state index contributed by atoms with van der Waals surface area (Å²) in [6, 6.07) is 7.02. The zero-order valence-corrected chi connectivity index (χ0v) is 15.2. The number of H-pyrrole nitrogens is 1. The summed E-state index contributed by atoms with van der Waals surface area (Å²) in [6.45, 7) is 1.90. The lowest BCUT2D eigenvalue weighted by atomic mass is 10.0. The van der Waals surface area contributed by atoms with Crippen molar-refractivity contribution in [2.24, 2.45) is 0 Å². The molecule has 0 bridgehead atoms. The van der Waals surface area contributed by atoms with Gasteiger partial charge in [-0.1, -0.05) is 18.2 Å². The molecule has 3 aromatic rings. The predicted octanol–water partition coefficient (Wildman–Crippen LogP) is 3.85. The van der Waals surface area contributed by atoms with Crippen molar-refractivity contribution >= 4 is 16.8 Å². The molecule has 146 valence electrons. The Bertz CT molecular complexity index is 1080. The summed E-state index contributed by atoms with van der Waals surface area (Å²) < 4.78 is 40.5. The van der Waals surface area contributed by atoms with E-state index in [0.29, 0.717) is 5.56 Å². The highest BCUT2D eigenvalue weighted by molar-refractivity contribution is 5.86. The van der Waals surface area contributed by atoms with E-state index < -0.39 is 29.3 Å². The molecule has 2 aromatic carbocycles. The molecule has 1 aromatic heterocycles. The van der Waals surface area contributed by atoms with Crippen LogP contribution in [-0.2, 0) is 6.54 Å². The predicted molar refractivity (Wildman–Crippen MR) is 99.3 cm³/mol. The molecule has 28 heavy (non-hydrogen) atoms. The Kier molecular flexibility index (Phi) is 5.39. The monoisotopic (exact) mass is 389 g/mol. The second kappa shape index (κ2) is 7.75. The van der Waals surface area contributed by atoms with Crippen LogP contribution in [-0.4, -0.2) is 23.0 Å². The lowest BCUT2D eigenvalue weighted by Crippen LogP contribution is -2.38. The number of halogens is 3. The Balaban J connectivity index is 1.83. The zero-order valence-electron chi connectivity index (χ0n) is 15.2. The van der Waals surface area contributed by atoms with Gasteiger partial charge in [-0.25, -0.2) is 18.0 Å². The van der Waals surface area contributed by atoms with Crippen molar-refractivity contribution in [3.63, 3.8) is 0 Å². The number of pyridine rings is 1. The number of carbonyl (C=O) groups excluding carboxylic acids is 1. The van der Waals surface area contributed by atoms with Crippen LogP contribution in [0.5, 0.6) is 0 Å². The molecule has 0 aliphatic heterocycles. The van der Waals surface area contributed by atoms with Crippen LogP contribution in [0.15, 0.2) is 47.4 Å². The maximum atomic E-state index is 14.1. The smallest absolute Gasteiger partial charge is 0.317 e. The highest BCUT2D eigenvalue weighted by atomic mass is 19.2. The van der Waals surface area contributed by atoms with Gasteiger partial charge in [0.1, 0.15) is 5.82 Å². The number of aromatic nitrogens is 1. The van der Waals surface area contributed by atoms with E-state index in [2.05, 4.69) is 10.3 Å². The topological polar surface area (TPSA) is 65.2 Å². The lowest BCUT2D eigenvalue weighted by Gasteiger charge is -2.26. The highest BCUT2D eigenvalue weighted by Crippen LogP contribution is 2.27. The molecule has 3 rings (SSSR count). The number of nitrogens with zero attached hydrogens (tertiary/aromatic N) is 1. The number of fused-ring (bicyclic) bond motifs is 1. The largest absolute Gasteiger partial charge is 0.334 e. The van der Waals surface area contributed by atoms with E-state index in [4.69, 9.17) is 0 Å². The van der Waals surface area contributed by atoms with Crippen molar-refractivity contribution in [3.8, 4) is 0 Å². The molecule has 2 amide bonds. The van der Waals surface area contributed by atoms with Gasteiger partial charge in [-0.2, -0.15) is 0 Å². The average molecular weight is 389 g/mol. The van der Waals surface area contributed by atoms with E-state index in [1.165, 1.54) is 29.3 Å². The van der Waals surface area contributed by atoms with Gasteiger partial charge in [0.05, 0.1) is 11.4 Å². The Morgan fingerprint density at radius 1 is 1.14 bits per heavy atom. The summed E-state index contributed by atoms with van der Waals surface area (Å²) in [5.41, 5.74) is 0.446. The molecule has 0 saturated carbocycles. The van der Waals surface area contributed by atoms with Crippen molar-refractivity contribution in [2.45, 2.75) is 19.5 Å². The molecule has 1 heterocycles. The third kappa shape index (κ3) is 3.71. The number of benzene rings is 2. The maximum Gasteiger partial charge on any atom is 0.317 e. The second-order valence-corrected chi connectivity index (χ2v) is 6.43. The fourth-order valence-electron chi connectivity index (χ4n) is 2.94. The molecule has 1 atom stereocenters. The van der Waals surface area contributed by atoms with Crippen LogP contribution in [0.3, 0.4) is 0 Å². The third-order valence-corrected chi connectivity index (χ3v) is 4.70. The van der Waals surface area contributed by atoms with Gasteiger partial charge in [-0.05, 0) is 41.6 Å². The Hall–Kier alpha value is -3.29. The molecule has 0 fully saturated rings. The number of rotatable bonds is 4. The molecule has 0 radical (unpaired) electrons. The first-order valence-electron chi connectivity index (χ1n) is 8.54. The van der Waals surface area contributed by atoms with E-state index in [-0.39, 0.29) is 23.1 Å². The van der Waals surface area contributed by atoms with Crippen molar-refractivity contribution in [2.75, 3.05) is 7.05 Å². The molecule has 1 unspecified atom stereocenters. The summed E-state index contributed by atoms with van der Waals surface area (Å²) in [5.74, 6) is -2.71. The van der Waals surface area contributed by atoms with Gasteiger partial charge in [-0.3, -0.25) is 4.79 Å². The van der Waals surface area contributed by atoms with Gasteiger partial charge in [0.2, 0.25) is 0 Å². The molecule has 0 spiro atoms. The number of urea groups is 1. The molecule has 8 heteroatoms. The molecule has 5 nitrogen and oxygen atoms in total. The van der Waals surface area contributed by atoms with Gasteiger partial charge < -0.3 is 15.2 Å². The van der Waals surface area contributed by atoms with Crippen LogP contribution >= 0.6 is 0 Å². The first kappa shape index (κ1) is 19.5. The van der Waals surface area contributed by atoms with Crippen molar-refractivity contribution in [3.05, 3.63) is 81.5 Å². The molecule has 0 aliphatic carbocycles. The van der Waals surface area contributed by atoms with E-state index in [0.717, 1.165) is 11.6 Å². The van der Waals surface area contributed by atoms with Gasteiger partial charge in [0, 0.05) is 19.8 Å². The summed E-state index contributed by atoms with van der Waals surface area (Å²) in [5, 5.41) is 2.55. The number of carbonyl (C=O) groups is 1. The number of aromatic amines is 1. The van der Waals surface area contributed by atoms with Crippen molar-refractivity contribution < 1.29 is 18.0 Å². The number of nitrogens with one attached hydrogen (secondary N) is 2. The minimum Gasteiger partial charge on any atom is -0.334 e. The van der Waals surface area contributed by atoms with Gasteiger partial charge in [0.15, 0.2) is 11.6 Å². The molecule has 0 aliphatic rings. The lowest BCUT2D eigenvalue weighted by molar-refractivity contribution is 0.194. The zero-order chi connectivity index (χ0) is 20.4. The standard InChI is InChI=1S/C20H18F3N3O2/c1-11(26(2)20(28)25-9-12-3-5-13(21)6-4-12)15-10-24-19(27)17-14(15)7-8-16(22)18(17)23/h3-8,10-11H,9H2,1-2H3,(H,24,27)(H,25,28). The summed E-state index contributed by atoms with van der Waals surface area (Å²) in [7, 11) is 1.54. The Morgan fingerprint density at radius 2 is 1.82 bits per heavy atom. The number of hydrogen-bond donors (Lipinski definition) is 2. The van der Waals surface area contributed by atoms with Crippen LogP contribution in [0, 0.1) is 17.5 Å². The Labute approximate surface area is 158 Å². The summed E-state index contributed by atoms with van der Waals surface area (Å²) in [6.07, 6.45) is 1.39. The second-order valence-electron chi connectivity index (χ2n) is 6.43. The molecular weight excluding hydrogens is 371 g/mol. The number of hydrogen-bond acceptors (Lipinski definition) is 2. The highest BCUT2D eigenvalue weighted by Gasteiger charge is 2.22. The van der Waals surface area contributed by atoms with Gasteiger partial charge in [-0.15, -0.1) is 0 Å². The molecule has 0 saturated heterocycles. The normalized spacial score (nSPS) is 12.0. The van der Waals surface area contributed by atoms with Crippen molar-refractivity contribution in [1.82, 2.24) is 15.2 Å². The first-order valence-corrected chi connectivity index (χ1v) is 8.54. The van der Waals surface area contributed by atoms with E-state index in [9.17, 15) is 22.8 Å². The third-order valence-electron chi connectivity index (χ3n) is 4.70. The minimum atomic E-state index is -1.23. The van der Waals surface area contributed by atoms with E-state index >= 15 is 0 Å². The van der Waals surface area contributed by atoms with Crippen LogP contribution < -0.4 is 10.9 Å². The summed E-state index contributed by atoms with van der Waals surface area (Å²) in [4.78, 5) is 28.2. The van der Waals surface area contributed by atoms with Crippen LogP contribution in [0.1, 0.15) is 24.1 Å². The fraction of sp³-hybridized carbons (Fsp3) is 0.200. The average Bonchev–Trinajstić information content (AvgIpc) is 2.69. The Morgan fingerprint density at radius 3 is 2.50 bits per heavy atom. The molecule has 2 N–H and O–H groups in total.